The van der Waals surface area contributed by atoms with Gasteiger partial charge in [0.2, 0.25) is 0 Å². The van der Waals surface area contributed by atoms with E-state index in [1.165, 1.54) is 6.42 Å². The number of anilines is 1. The fourth-order valence-electron chi connectivity index (χ4n) is 2.75. The first-order valence-corrected chi connectivity index (χ1v) is 7.33. The normalized spacial score (nSPS) is 27.1. The van der Waals surface area contributed by atoms with Gasteiger partial charge in [0.25, 0.3) is 0 Å². The molecule has 2 amide bonds. The third kappa shape index (κ3) is 3.51. The molecule has 1 aromatic carbocycles. The first kappa shape index (κ1) is 14.9. The van der Waals surface area contributed by atoms with E-state index in [1.54, 1.807) is 6.92 Å². The average molecular weight is 276 g/mol. The van der Waals surface area contributed by atoms with Crippen LogP contribution in [0.2, 0.25) is 0 Å². The topological polar surface area (TPSA) is 61.4 Å². The highest BCUT2D eigenvalue weighted by atomic mass is 16.3. The Morgan fingerprint density at radius 1 is 1.25 bits per heavy atom. The van der Waals surface area contributed by atoms with Crippen molar-refractivity contribution in [1.82, 2.24) is 5.32 Å². The van der Waals surface area contributed by atoms with E-state index in [0.717, 1.165) is 17.7 Å². The zero-order valence-electron chi connectivity index (χ0n) is 12.4. The molecule has 4 heteroatoms. The molecule has 0 bridgehead atoms. The molecule has 20 heavy (non-hydrogen) atoms. The van der Waals surface area contributed by atoms with Gasteiger partial charge in [-0.3, -0.25) is 0 Å². The Kier molecular flexibility index (Phi) is 4.65. The summed E-state index contributed by atoms with van der Waals surface area (Å²) in [5, 5.41) is 15.3. The molecule has 1 aliphatic rings. The molecule has 0 aliphatic heterocycles. The number of benzene rings is 1. The SMILES string of the molecule is CC(O)c1ccc(NC(=O)NC2CCC(C)C2C)cc1. The summed E-state index contributed by atoms with van der Waals surface area (Å²) in [7, 11) is 0. The van der Waals surface area contributed by atoms with Crippen molar-refractivity contribution in [2.24, 2.45) is 11.8 Å². The zero-order valence-corrected chi connectivity index (χ0v) is 12.4. The van der Waals surface area contributed by atoms with Gasteiger partial charge in [0.15, 0.2) is 0 Å². The van der Waals surface area contributed by atoms with E-state index in [-0.39, 0.29) is 12.1 Å². The number of urea groups is 1. The number of nitrogens with one attached hydrogen (secondary N) is 2. The molecule has 0 spiro atoms. The molecule has 1 aliphatic carbocycles. The predicted molar refractivity (Wildman–Crippen MR) is 80.6 cm³/mol. The Bertz CT molecular complexity index is 456. The molecule has 3 N–H and O–H groups in total. The van der Waals surface area contributed by atoms with Crippen molar-refractivity contribution < 1.29 is 9.90 Å². The summed E-state index contributed by atoms with van der Waals surface area (Å²) in [4.78, 5) is 12.0. The third-order valence-electron chi connectivity index (χ3n) is 4.43. The lowest BCUT2D eigenvalue weighted by molar-refractivity contribution is 0.199. The summed E-state index contributed by atoms with van der Waals surface area (Å²) >= 11 is 0. The number of aliphatic hydroxyl groups excluding tert-OH is 1. The number of hydrogen-bond donors (Lipinski definition) is 3. The number of aliphatic hydroxyl groups is 1. The number of amides is 2. The monoisotopic (exact) mass is 276 g/mol. The van der Waals surface area contributed by atoms with E-state index in [9.17, 15) is 9.90 Å². The lowest BCUT2D eigenvalue weighted by Crippen LogP contribution is -2.40. The fourth-order valence-corrected chi connectivity index (χ4v) is 2.75. The van der Waals surface area contributed by atoms with Gasteiger partial charge in [-0.25, -0.2) is 4.79 Å². The highest BCUT2D eigenvalue weighted by Crippen LogP contribution is 2.31. The molecule has 0 heterocycles. The van der Waals surface area contributed by atoms with E-state index in [4.69, 9.17) is 0 Å². The molecule has 4 unspecified atom stereocenters. The highest BCUT2D eigenvalue weighted by Gasteiger charge is 2.30. The standard InChI is InChI=1S/C16H24N2O2/c1-10-4-9-15(11(10)2)18-16(20)17-14-7-5-13(6-8-14)12(3)19/h5-8,10-12,15,19H,4,9H2,1-3H3,(H2,17,18,20). The van der Waals surface area contributed by atoms with Crippen LogP contribution in [0, 0.1) is 11.8 Å². The second-order valence-electron chi connectivity index (χ2n) is 5.92. The predicted octanol–water partition coefficient (Wildman–Crippen LogP) is 3.30. The van der Waals surface area contributed by atoms with Crippen molar-refractivity contribution in [3.05, 3.63) is 29.8 Å². The Labute approximate surface area is 120 Å². The van der Waals surface area contributed by atoms with Gasteiger partial charge in [-0.15, -0.1) is 0 Å². The smallest absolute Gasteiger partial charge is 0.319 e. The quantitative estimate of drug-likeness (QED) is 0.793. The fraction of sp³-hybridized carbons (Fsp3) is 0.562. The zero-order chi connectivity index (χ0) is 14.7. The van der Waals surface area contributed by atoms with Crippen LogP contribution in [0.4, 0.5) is 10.5 Å². The summed E-state index contributed by atoms with van der Waals surface area (Å²) in [6, 6.07) is 7.37. The minimum Gasteiger partial charge on any atom is -0.389 e. The van der Waals surface area contributed by atoms with Gasteiger partial charge >= 0.3 is 6.03 Å². The van der Waals surface area contributed by atoms with E-state index in [0.29, 0.717) is 11.8 Å². The number of carbonyl (C=O) groups excluding carboxylic acids is 1. The Hall–Kier alpha value is -1.55. The van der Waals surface area contributed by atoms with Crippen LogP contribution in [0.3, 0.4) is 0 Å². The van der Waals surface area contributed by atoms with Gasteiger partial charge in [0.05, 0.1) is 6.10 Å². The summed E-state index contributed by atoms with van der Waals surface area (Å²) in [6.45, 7) is 6.15. The Morgan fingerprint density at radius 2 is 1.90 bits per heavy atom. The first-order chi connectivity index (χ1) is 9.47. The van der Waals surface area contributed by atoms with Crippen molar-refractivity contribution >= 4 is 11.7 Å². The molecule has 2 rings (SSSR count). The maximum absolute atomic E-state index is 12.0. The van der Waals surface area contributed by atoms with Gasteiger partial charge in [-0.1, -0.05) is 26.0 Å². The van der Waals surface area contributed by atoms with Crippen LogP contribution >= 0.6 is 0 Å². The van der Waals surface area contributed by atoms with Crippen LogP contribution in [0.25, 0.3) is 0 Å². The van der Waals surface area contributed by atoms with Crippen LogP contribution in [0.15, 0.2) is 24.3 Å². The van der Waals surface area contributed by atoms with Crippen LogP contribution in [-0.4, -0.2) is 17.2 Å². The molecule has 0 radical (unpaired) electrons. The number of carbonyl (C=O) groups is 1. The second-order valence-corrected chi connectivity index (χ2v) is 5.92. The van der Waals surface area contributed by atoms with Crippen molar-refractivity contribution in [3.63, 3.8) is 0 Å². The average Bonchev–Trinajstić information content (AvgIpc) is 2.71. The van der Waals surface area contributed by atoms with Crippen LogP contribution < -0.4 is 10.6 Å². The maximum Gasteiger partial charge on any atom is 0.319 e. The largest absolute Gasteiger partial charge is 0.389 e. The minimum atomic E-state index is -0.487. The van der Waals surface area contributed by atoms with E-state index in [2.05, 4.69) is 24.5 Å². The van der Waals surface area contributed by atoms with Gasteiger partial charge in [0, 0.05) is 11.7 Å². The lowest BCUT2D eigenvalue weighted by atomic mass is 9.98. The second kappa shape index (κ2) is 6.27. The van der Waals surface area contributed by atoms with E-state index >= 15 is 0 Å². The van der Waals surface area contributed by atoms with Gasteiger partial charge in [-0.2, -0.15) is 0 Å². The Morgan fingerprint density at radius 3 is 2.40 bits per heavy atom. The maximum atomic E-state index is 12.0. The molecule has 1 saturated carbocycles. The number of rotatable bonds is 3. The lowest BCUT2D eigenvalue weighted by Gasteiger charge is -2.20. The molecule has 0 aromatic heterocycles. The van der Waals surface area contributed by atoms with Crippen molar-refractivity contribution in [2.75, 3.05) is 5.32 Å². The molecule has 1 aromatic rings. The summed E-state index contributed by atoms with van der Waals surface area (Å²) in [6.07, 6.45) is 1.74. The molecule has 110 valence electrons. The van der Waals surface area contributed by atoms with Gasteiger partial charge in [-0.05, 0) is 49.3 Å². The highest BCUT2D eigenvalue weighted by molar-refractivity contribution is 5.89. The van der Waals surface area contributed by atoms with E-state index in [1.807, 2.05) is 24.3 Å². The van der Waals surface area contributed by atoms with Gasteiger partial charge in [0.1, 0.15) is 0 Å². The summed E-state index contributed by atoms with van der Waals surface area (Å²) in [5.41, 5.74) is 1.58. The third-order valence-corrected chi connectivity index (χ3v) is 4.43. The molecule has 4 nitrogen and oxygen atoms in total. The molecule has 4 atom stereocenters. The molecular weight excluding hydrogens is 252 g/mol. The van der Waals surface area contributed by atoms with Crippen molar-refractivity contribution in [1.29, 1.82) is 0 Å². The molecule has 0 saturated heterocycles. The Balaban J connectivity index is 1.88. The van der Waals surface area contributed by atoms with Crippen LogP contribution in [0.5, 0.6) is 0 Å². The molecular formula is C16H24N2O2. The summed E-state index contributed by atoms with van der Waals surface area (Å²) < 4.78 is 0. The number of hydrogen-bond acceptors (Lipinski definition) is 2. The van der Waals surface area contributed by atoms with Crippen molar-refractivity contribution in [3.8, 4) is 0 Å². The minimum absolute atomic E-state index is 0.152. The van der Waals surface area contributed by atoms with Gasteiger partial charge < -0.3 is 15.7 Å². The van der Waals surface area contributed by atoms with Crippen LogP contribution in [0.1, 0.15) is 45.3 Å². The molecule has 1 fully saturated rings. The summed E-state index contributed by atoms with van der Waals surface area (Å²) in [5.74, 6) is 1.20. The van der Waals surface area contributed by atoms with Crippen LogP contribution in [-0.2, 0) is 0 Å². The van der Waals surface area contributed by atoms with E-state index < -0.39 is 6.10 Å². The first-order valence-electron chi connectivity index (χ1n) is 7.33. The van der Waals surface area contributed by atoms with Crippen molar-refractivity contribution in [2.45, 2.75) is 45.8 Å².